The zero-order valence-corrected chi connectivity index (χ0v) is 32.6. The fraction of sp³-hybridized carbons (Fsp3) is 0.429. The quantitative estimate of drug-likeness (QED) is 0.133. The molecule has 0 aromatic heterocycles. The summed E-state index contributed by atoms with van der Waals surface area (Å²) in [6.45, 7) is 1.75. The van der Waals surface area contributed by atoms with E-state index in [1.807, 2.05) is 24.3 Å². The van der Waals surface area contributed by atoms with Crippen LogP contribution in [0.2, 0.25) is 0 Å². The van der Waals surface area contributed by atoms with Crippen molar-refractivity contribution in [3.8, 4) is 57.5 Å². The average Bonchev–Trinajstić information content (AvgIpc) is 3.19. The van der Waals surface area contributed by atoms with E-state index in [1.165, 1.54) is 11.1 Å². The van der Waals surface area contributed by atoms with Crippen molar-refractivity contribution < 1.29 is 42.6 Å². The van der Waals surface area contributed by atoms with Gasteiger partial charge in [0.05, 0.1) is 56.9 Å². The second-order valence-corrected chi connectivity index (χ2v) is 13.4. The second kappa shape index (κ2) is 16.3. The Morgan fingerprint density at radius 3 is 1.68 bits per heavy atom. The third-order valence-electron chi connectivity index (χ3n) is 10.7. The molecule has 11 heteroatoms. The van der Waals surface area contributed by atoms with Gasteiger partial charge < -0.3 is 42.6 Å². The Hall–Kier alpha value is -5.00. The fourth-order valence-electron chi connectivity index (χ4n) is 7.80. The Morgan fingerprint density at radius 2 is 1.04 bits per heavy atom. The van der Waals surface area contributed by atoms with E-state index in [9.17, 15) is 0 Å². The number of methoxy groups -OCH3 is 8. The summed E-state index contributed by atoms with van der Waals surface area (Å²) < 4.78 is 53.2. The third-order valence-corrected chi connectivity index (χ3v) is 10.7. The molecule has 0 saturated carbocycles. The van der Waals surface area contributed by atoms with Gasteiger partial charge in [0.1, 0.15) is 5.75 Å². The largest absolute Gasteiger partial charge is 0.493 e. The summed E-state index contributed by atoms with van der Waals surface area (Å²) in [5, 5.41) is 0. The highest BCUT2D eigenvalue weighted by atomic mass is 16.5. The van der Waals surface area contributed by atoms with Crippen LogP contribution in [0, 0.1) is 0 Å². The van der Waals surface area contributed by atoms with E-state index in [1.54, 1.807) is 56.9 Å². The smallest absolute Gasteiger partial charge is 0.204 e. The first-order valence-corrected chi connectivity index (χ1v) is 17.8. The molecule has 11 nitrogen and oxygen atoms in total. The molecule has 0 fully saturated rings. The first kappa shape index (κ1) is 37.7. The van der Waals surface area contributed by atoms with Gasteiger partial charge in [-0.3, -0.25) is 9.80 Å². The van der Waals surface area contributed by atoms with Crippen molar-refractivity contribution in [3.63, 3.8) is 0 Å². The first-order chi connectivity index (χ1) is 25.7. The van der Waals surface area contributed by atoms with Crippen molar-refractivity contribution in [1.82, 2.24) is 9.80 Å². The zero-order valence-electron chi connectivity index (χ0n) is 32.6. The van der Waals surface area contributed by atoms with Gasteiger partial charge in [-0.1, -0.05) is 6.07 Å². The summed E-state index contributed by atoms with van der Waals surface area (Å²) in [5.74, 6) is 6.40. The van der Waals surface area contributed by atoms with E-state index in [0.29, 0.717) is 58.2 Å². The normalized spacial score (nSPS) is 16.9. The number of hydrogen-bond acceptors (Lipinski definition) is 11. The first-order valence-electron chi connectivity index (χ1n) is 17.8. The fourth-order valence-corrected chi connectivity index (χ4v) is 7.80. The van der Waals surface area contributed by atoms with E-state index in [4.69, 9.17) is 42.6 Å². The third kappa shape index (κ3) is 7.32. The van der Waals surface area contributed by atoms with Gasteiger partial charge in [-0.15, -0.1) is 0 Å². The van der Waals surface area contributed by atoms with Gasteiger partial charge in [0.15, 0.2) is 46.0 Å². The Labute approximate surface area is 313 Å². The predicted octanol–water partition coefficient (Wildman–Crippen LogP) is 7.09. The van der Waals surface area contributed by atoms with E-state index in [2.05, 4.69) is 48.2 Å². The van der Waals surface area contributed by atoms with Crippen molar-refractivity contribution in [2.24, 2.45) is 0 Å². The predicted molar refractivity (Wildman–Crippen MR) is 204 cm³/mol. The Kier molecular flexibility index (Phi) is 11.6. The molecule has 284 valence electrons. The van der Waals surface area contributed by atoms with E-state index >= 15 is 0 Å². The van der Waals surface area contributed by atoms with Gasteiger partial charge in [-0.2, -0.15) is 0 Å². The highest BCUT2D eigenvalue weighted by Crippen LogP contribution is 2.50. The summed E-state index contributed by atoms with van der Waals surface area (Å²) in [5.41, 5.74) is 6.71. The molecule has 0 aliphatic carbocycles. The van der Waals surface area contributed by atoms with Crippen LogP contribution in [-0.2, 0) is 25.7 Å². The molecule has 0 spiro atoms. The van der Waals surface area contributed by atoms with Crippen LogP contribution >= 0.6 is 0 Å². The maximum Gasteiger partial charge on any atom is 0.204 e. The molecule has 0 amide bonds. The van der Waals surface area contributed by atoms with E-state index in [0.717, 1.165) is 60.4 Å². The summed E-state index contributed by atoms with van der Waals surface area (Å²) in [7, 11) is 17.6. The summed E-state index contributed by atoms with van der Waals surface area (Å²) in [4.78, 5) is 4.74. The van der Waals surface area contributed by atoms with Crippen LogP contribution in [-0.4, -0.2) is 93.9 Å². The van der Waals surface area contributed by atoms with Gasteiger partial charge in [-0.25, -0.2) is 0 Å². The van der Waals surface area contributed by atoms with Crippen molar-refractivity contribution in [2.75, 3.05) is 84.1 Å². The molecule has 2 atom stereocenters. The van der Waals surface area contributed by atoms with E-state index < -0.39 is 0 Å². The molecule has 53 heavy (non-hydrogen) atoms. The molecule has 2 aliphatic heterocycles. The number of likely N-dealkylation sites (N-methyl/N-ethyl adjacent to an activating group) is 2. The summed E-state index contributed by atoms with van der Waals surface area (Å²) >= 11 is 0. The molecule has 0 radical (unpaired) electrons. The van der Waals surface area contributed by atoms with Crippen LogP contribution in [0.5, 0.6) is 57.5 Å². The van der Waals surface area contributed by atoms with Crippen LogP contribution in [0.3, 0.4) is 0 Å². The second-order valence-electron chi connectivity index (χ2n) is 13.4. The zero-order chi connectivity index (χ0) is 37.8. The molecule has 2 aliphatic rings. The molecule has 0 unspecified atom stereocenters. The van der Waals surface area contributed by atoms with Gasteiger partial charge >= 0.3 is 0 Å². The van der Waals surface area contributed by atoms with Gasteiger partial charge in [-0.05, 0) is 98.4 Å². The lowest BCUT2D eigenvalue weighted by molar-refractivity contribution is 0.223. The SMILES string of the molecule is COc1ccc(C[C@H]2c3cc(Oc4cc(OC)c(OC)cc4C[C@@H]4c5cc(OC)c(OC)cc5CCN4C)c(OC)c(OC)c3CCN2C)cc1OC. The summed E-state index contributed by atoms with van der Waals surface area (Å²) in [6.07, 6.45) is 3.08. The van der Waals surface area contributed by atoms with Crippen LogP contribution < -0.4 is 42.6 Å². The topological polar surface area (TPSA) is 89.6 Å². The number of rotatable bonds is 14. The summed E-state index contributed by atoms with van der Waals surface area (Å²) in [6, 6.07) is 16.3. The molecule has 4 aromatic rings. The molecule has 0 bridgehead atoms. The van der Waals surface area contributed by atoms with Crippen LogP contribution in [0.1, 0.15) is 45.5 Å². The molecular weight excluding hydrogens is 676 g/mol. The van der Waals surface area contributed by atoms with Crippen molar-refractivity contribution in [3.05, 3.63) is 81.9 Å². The average molecular weight is 729 g/mol. The lowest BCUT2D eigenvalue weighted by atomic mass is 9.87. The highest BCUT2D eigenvalue weighted by molar-refractivity contribution is 5.63. The molecular formula is C42H52N2O9. The molecule has 0 N–H and O–H groups in total. The van der Waals surface area contributed by atoms with Crippen LogP contribution in [0.15, 0.2) is 48.5 Å². The Balaban J connectivity index is 1.45. The highest BCUT2D eigenvalue weighted by Gasteiger charge is 2.33. The monoisotopic (exact) mass is 728 g/mol. The van der Waals surface area contributed by atoms with Crippen LogP contribution in [0.25, 0.3) is 0 Å². The van der Waals surface area contributed by atoms with Crippen molar-refractivity contribution in [1.29, 1.82) is 0 Å². The van der Waals surface area contributed by atoms with Gasteiger partial charge in [0.25, 0.3) is 0 Å². The maximum atomic E-state index is 6.97. The number of ether oxygens (including phenoxy) is 9. The lowest BCUT2D eigenvalue weighted by Gasteiger charge is -2.36. The minimum absolute atomic E-state index is 0.0264. The van der Waals surface area contributed by atoms with Gasteiger partial charge in [0, 0.05) is 42.4 Å². The lowest BCUT2D eigenvalue weighted by Crippen LogP contribution is -2.34. The Morgan fingerprint density at radius 1 is 0.491 bits per heavy atom. The minimum Gasteiger partial charge on any atom is -0.493 e. The van der Waals surface area contributed by atoms with Crippen LogP contribution in [0.4, 0.5) is 0 Å². The molecule has 4 aromatic carbocycles. The number of benzene rings is 4. The van der Waals surface area contributed by atoms with Gasteiger partial charge in [0.2, 0.25) is 5.75 Å². The molecule has 6 rings (SSSR count). The number of nitrogens with zero attached hydrogens (tertiary/aromatic N) is 2. The molecule has 2 heterocycles. The maximum absolute atomic E-state index is 6.97. The standard InChI is InChI=1S/C42H52N2O9/c1-43-15-13-26-20-36(47-5)38(49-7)22-29(26)32(43)19-27-21-37(48-6)39(50-8)24-34(27)53-40-23-30-28(41(51-9)42(40)52-10)14-16-44(2)31(30)17-25-11-12-33(45-3)35(18-25)46-4/h11-12,18,20-24,31-32H,13-17,19H2,1-10H3/t31-,32+/m0/s1. The Bertz CT molecular complexity index is 1930. The molecule has 0 saturated heterocycles. The van der Waals surface area contributed by atoms with E-state index in [-0.39, 0.29) is 12.1 Å². The van der Waals surface area contributed by atoms with Crippen molar-refractivity contribution in [2.45, 2.75) is 37.8 Å². The number of hydrogen-bond donors (Lipinski definition) is 0. The van der Waals surface area contributed by atoms with Crippen molar-refractivity contribution >= 4 is 0 Å². The number of fused-ring (bicyclic) bond motifs is 2. The minimum atomic E-state index is 0.0264.